The van der Waals surface area contributed by atoms with Crippen molar-refractivity contribution in [1.82, 2.24) is 9.80 Å². The Hall–Kier alpha value is -0.650. The summed E-state index contributed by atoms with van der Waals surface area (Å²) in [6.45, 7) is 6.46. The molecule has 5 nitrogen and oxygen atoms in total. The van der Waals surface area contributed by atoms with Crippen LogP contribution in [0.5, 0.6) is 0 Å². The first-order valence-corrected chi connectivity index (χ1v) is 7.54. The number of hydrogen-bond donors (Lipinski definition) is 1. The van der Waals surface area contributed by atoms with Crippen LogP contribution in [-0.2, 0) is 9.53 Å². The molecule has 0 saturated carbocycles. The molecule has 1 amide bonds. The average Bonchev–Trinajstić information content (AvgIpc) is 2.41. The number of nitrogens with two attached hydrogens (primary N) is 1. The quantitative estimate of drug-likeness (QED) is 0.804. The third kappa shape index (κ3) is 4.16. The molecule has 2 aliphatic heterocycles. The Bertz CT molecular complexity index is 296. The molecule has 2 N–H and O–H groups in total. The van der Waals surface area contributed by atoms with Crippen LogP contribution in [0.2, 0.25) is 0 Å². The summed E-state index contributed by atoms with van der Waals surface area (Å²) < 4.78 is 5.48. The number of nitrogens with zero attached hydrogens (tertiary/aromatic N) is 2. The maximum Gasteiger partial charge on any atom is 0.236 e. The van der Waals surface area contributed by atoms with Gasteiger partial charge in [-0.3, -0.25) is 9.69 Å². The van der Waals surface area contributed by atoms with Crippen LogP contribution in [0.25, 0.3) is 0 Å². The number of carbonyl (C=O) groups excluding carboxylic acids is 1. The zero-order valence-electron chi connectivity index (χ0n) is 12.0. The van der Waals surface area contributed by atoms with Gasteiger partial charge >= 0.3 is 0 Å². The van der Waals surface area contributed by atoms with Gasteiger partial charge in [-0.2, -0.15) is 0 Å². The van der Waals surface area contributed by atoms with Crippen LogP contribution in [-0.4, -0.2) is 67.2 Å². The van der Waals surface area contributed by atoms with E-state index in [2.05, 4.69) is 4.90 Å². The molecule has 110 valence electrons. The van der Waals surface area contributed by atoms with Gasteiger partial charge in [-0.05, 0) is 39.3 Å². The number of morpholine rings is 1. The molecule has 2 saturated heterocycles. The fourth-order valence-electron chi connectivity index (χ4n) is 3.11. The fraction of sp³-hybridized carbons (Fsp3) is 0.929. The number of carbonyl (C=O) groups is 1. The van der Waals surface area contributed by atoms with Crippen molar-refractivity contribution in [3.8, 4) is 0 Å². The summed E-state index contributed by atoms with van der Waals surface area (Å²) in [6, 6.07) is 0.501. The van der Waals surface area contributed by atoms with Crippen LogP contribution in [0.4, 0.5) is 0 Å². The van der Waals surface area contributed by atoms with Gasteiger partial charge in [0, 0.05) is 19.1 Å². The molecule has 2 aliphatic rings. The summed E-state index contributed by atoms with van der Waals surface area (Å²) in [4.78, 5) is 16.6. The van der Waals surface area contributed by atoms with Crippen molar-refractivity contribution < 1.29 is 9.53 Å². The van der Waals surface area contributed by atoms with E-state index in [1.54, 1.807) is 0 Å². The second-order valence-electron chi connectivity index (χ2n) is 5.72. The molecular formula is C14H27N3O2. The largest absolute Gasteiger partial charge is 0.375 e. The van der Waals surface area contributed by atoms with Gasteiger partial charge < -0.3 is 15.4 Å². The number of ether oxygens (including phenoxy) is 1. The van der Waals surface area contributed by atoms with Crippen molar-refractivity contribution in [1.29, 1.82) is 0 Å². The second-order valence-corrected chi connectivity index (χ2v) is 5.72. The van der Waals surface area contributed by atoms with Gasteiger partial charge in [-0.1, -0.05) is 6.42 Å². The predicted octanol–water partition coefficient (Wildman–Crippen LogP) is 0.437. The summed E-state index contributed by atoms with van der Waals surface area (Å²) in [6.07, 6.45) is 4.83. The molecule has 0 aromatic carbocycles. The van der Waals surface area contributed by atoms with E-state index in [-0.39, 0.29) is 12.0 Å². The van der Waals surface area contributed by atoms with E-state index in [9.17, 15) is 4.79 Å². The lowest BCUT2D eigenvalue weighted by Crippen LogP contribution is -2.51. The van der Waals surface area contributed by atoms with E-state index in [1.807, 2.05) is 11.8 Å². The van der Waals surface area contributed by atoms with Crippen molar-refractivity contribution in [2.24, 2.45) is 5.73 Å². The monoisotopic (exact) mass is 269 g/mol. The minimum Gasteiger partial charge on any atom is -0.375 e. The van der Waals surface area contributed by atoms with E-state index < -0.39 is 0 Å². The van der Waals surface area contributed by atoms with Gasteiger partial charge in [-0.15, -0.1) is 0 Å². The first kappa shape index (κ1) is 14.8. The van der Waals surface area contributed by atoms with Gasteiger partial charge in [-0.25, -0.2) is 0 Å². The summed E-state index contributed by atoms with van der Waals surface area (Å²) in [5.74, 6) is 0.249. The molecule has 2 atom stereocenters. The highest BCUT2D eigenvalue weighted by Gasteiger charge is 2.27. The number of amides is 1. The van der Waals surface area contributed by atoms with Gasteiger partial charge in [0.25, 0.3) is 0 Å². The Labute approximate surface area is 116 Å². The molecule has 19 heavy (non-hydrogen) atoms. The van der Waals surface area contributed by atoms with Crippen LogP contribution in [0.1, 0.15) is 32.6 Å². The highest BCUT2D eigenvalue weighted by atomic mass is 16.5. The van der Waals surface area contributed by atoms with Crippen LogP contribution in [0.3, 0.4) is 0 Å². The molecule has 0 radical (unpaired) electrons. The van der Waals surface area contributed by atoms with E-state index in [0.29, 0.717) is 25.7 Å². The molecular weight excluding hydrogens is 242 g/mol. The Balaban J connectivity index is 1.85. The number of rotatable bonds is 4. The highest BCUT2D eigenvalue weighted by Crippen LogP contribution is 2.19. The zero-order valence-corrected chi connectivity index (χ0v) is 12.0. The van der Waals surface area contributed by atoms with Crippen LogP contribution in [0, 0.1) is 0 Å². The molecule has 0 aliphatic carbocycles. The second kappa shape index (κ2) is 7.22. The molecule has 2 rings (SSSR count). The normalized spacial score (nSPS) is 29.5. The first-order chi connectivity index (χ1) is 9.20. The Morgan fingerprint density at radius 2 is 2.21 bits per heavy atom. The maximum absolute atomic E-state index is 12.4. The minimum atomic E-state index is 0.166. The first-order valence-electron chi connectivity index (χ1n) is 7.54. The van der Waals surface area contributed by atoms with Gasteiger partial charge in [0.15, 0.2) is 0 Å². The number of hydrogen-bond acceptors (Lipinski definition) is 4. The van der Waals surface area contributed by atoms with Crippen molar-refractivity contribution in [3.05, 3.63) is 0 Å². The Kier molecular flexibility index (Phi) is 5.60. The third-order valence-corrected chi connectivity index (χ3v) is 4.18. The lowest BCUT2D eigenvalue weighted by molar-refractivity contribution is -0.140. The van der Waals surface area contributed by atoms with Crippen molar-refractivity contribution in [2.75, 3.05) is 39.3 Å². The fourth-order valence-corrected chi connectivity index (χ4v) is 3.11. The summed E-state index contributed by atoms with van der Waals surface area (Å²) in [5, 5.41) is 0. The van der Waals surface area contributed by atoms with Gasteiger partial charge in [0.05, 0.1) is 19.3 Å². The standard InChI is InChI=1S/C14H27N3O2/c1-12-10-17(8-9-19-12)14(18)11-16-7-3-2-4-13(16)5-6-15/h12-13H,2-11,15H2,1H3. The minimum absolute atomic E-state index is 0.166. The van der Waals surface area contributed by atoms with Crippen molar-refractivity contribution in [2.45, 2.75) is 44.8 Å². The molecule has 0 bridgehead atoms. The van der Waals surface area contributed by atoms with E-state index in [1.165, 1.54) is 19.3 Å². The van der Waals surface area contributed by atoms with Gasteiger partial charge in [0.1, 0.15) is 0 Å². The number of piperidine rings is 1. The van der Waals surface area contributed by atoms with Crippen LogP contribution >= 0.6 is 0 Å². The summed E-state index contributed by atoms with van der Waals surface area (Å²) in [7, 11) is 0. The Morgan fingerprint density at radius 1 is 1.37 bits per heavy atom. The number of likely N-dealkylation sites (tertiary alicyclic amines) is 1. The Morgan fingerprint density at radius 3 is 2.95 bits per heavy atom. The summed E-state index contributed by atoms with van der Waals surface area (Å²) in [5.41, 5.74) is 5.67. The topological polar surface area (TPSA) is 58.8 Å². The zero-order chi connectivity index (χ0) is 13.7. The molecule has 2 heterocycles. The van der Waals surface area contributed by atoms with Crippen LogP contribution in [0.15, 0.2) is 0 Å². The molecule has 0 spiro atoms. The average molecular weight is 269 g/mol. The lowest BCUT2D eigenvalue weighted by atomic mass is 9.99. The third-order valence-electron chi connectivity index (χ3n) is 4.18. The van der Waals surface area contributed by atoms with Crippen LogP contribution < -0.4 is 5.73 Å². The highest BCUT2D eigenvalue weighted by molar-refractivity contribution is 5.78. The predicted molar refractivity (Wildman–Crippen MR) is 74.9 cm³/mol. The molecule has 0 aromatic heterocycles. The van der Waals surface area contributed by atoms with E-state index in [0.717, 1.165) is 26.1 Å². The SMILES string of the molecule is CC1CN(C(=O)CN2CCCCC2CCN)CCO1. The van der Waals surface area contributed by atoms with Crippen molar-refractivity contribution >= 4 is 5.91 Å². The van der Waals surface area contributed by atoms with Crippen molar-refractivity contribution in [3.63, 3.8) is 0 Å². The summed E-state index contributed by atoms with van der Waals surface area (Å²) >= 11 is 0. The maximum atomic E-state index is 12.4. The smallest absolute Gasteiger partial charge is 0.236 e. The van der Waals surface area contributed by atoms with Gasteiger partial charge in [0.2, 0.25) is 5.91 Å². The molecule has 5 heteroatoms. The van der Waals surface area contributed by atoms with E-state index >= 15 is 0 Å². The molecule has 0 aromatic rings. The lowest BCUT2D eigenvalue weighted by Gasteiger charge is -2.38. The van der Waals surface area contributed by atoms with E-state index in [4.69, 9.17) is 10.5 Å². The molecule has 2 fully saturated rings. The molecule has 2 unspecified atom stereocenters.